The molecule has 2 saturated heterocycles. The van der Waals surface area contributed by atoms with E-state index in [1.165, 1.54) is 11.1 Å². The Hall–Kier alpha value is -1.75. The molecule has 3 aliphatic rings. The number of nitrogens with zero attached hydrogens (tertiary/aromatic N) is 1. The molecule has 0 unspecified atom stereocenters. The molecule has 5 nitrogen and oxygen atoms in total. The Labute approximate surface area is 171 Å². The predicted molar refractivity (Wildman–Crippen MR) is 109 cm³/mol. The van der Waals surface area contributed by atoms with Crippen molar-refractivity contribution in [2.24, 2.45) is 5.92 Å². The molecule has 4 rings (SSSR count). The van der Waals surface area contributed by atoms with Crippen LogP contribution in [0.25, 0.3) is 0 Å². The molecule has 2 amide bonds. The van der Waals surface area contributed by atoms with Crippen LogP contribution in [-0.2, 0) is 14.9 Å². The Bertz CT molecular complexity index is 787. The smallest absolute Gasteiger partial charge is 0.407 e. The van der Waals surface area contributed by atoms with Crippen LogP contribution in [0.4, 0.5) is 4.79 Å². The molecule has 6 heteroatoms. The second kappa shape index (κ2) is 6.94. The highest BCUT2D eigenvalue weighted by Gasteiger charge is 2.53. The zero-order valence-electron chi connectivity index (χ0n) is 16.9. The number of piperidine rings is 1. The zero-order valence-corrected chi connectivity index (χ0v) is 17.6. The zero-order chi connectivity index (χ0) is 20.1. The highest BCUT2D eigenvalue weighted by Crippen LogP contribution is 2.42. The minimum Gasteiger partial charge on any atom is -0.447 e. The van der Waals surface area contributed by atoms with Gasteiger partial charge in [0.05, 0.1) is 5.54 Å². The highest BCUT2D eigenvalue weighted by atomic mass is 35.5. The first-order valence-electron chi connectivity index (χ1n) is 10.2. The quantitative estimate of drug-likeness (QED) is 0.802. The van der Waals surface area contributed by atoms with Crippen LogP contribution in [-0.4, -0.2) is 42.1 Å². The first-order valence-corrected chi connectivity index (χ1v) is 10.6. The summed E-state index contributed by atoms with van der Waals surface area (Å²) in [5.41, 5.74) is 2.24. The van der Waals surface area contributed by atoms with E-state index in [0.29, 0.717) is 25.4 Å². The van der Waals surface area contributed by atoms with E-state index in [2.05, 4.69) is 38.2 Å². The Morgan fingerprint density at radius 1 is 1.25 bits per heavy atom. The number of cyclic esters (lactones) is 1. The number of alkyl carbamates (subject to hydrolysis) is 1. The molecule has 2 aliphatic heterocycles. The number of ether oxygens (including phenoxy) is 1. The molecule has 1 N–H and O–H groups in total. The Kier molecular flexibility index (Phi) is 4.85. The molecule has 2 heterocycles. The number of halogens is 1. The van der Waals surface area contributed by atoms with Crippen molar-refractivity contribution in [2.75, 3.05) is 19.7 Å². The van der Waals surface area contributed by atoms with Gasteiger partial charge in [-0.15, -0.1) is 0 Å². The van der Waals surface area contributed by atoms with Gasteiger partial charge in [-0.25, -0.2) is 4.79 Å². The molecule has 3 fully saturated rings. The van der Waals surface area contributed by atoms with E-state index >= 15 is 0 Å². The molecule has 0 bridgehead atoms. The first-order chi connectivity index (χ1) is 13.2. The van der Waals surface area contributed by atoms with Crippen LogP contribution >= 0.6 is 11.6 Å². The fourth-order valence-corrected chi connectivity index (χ4v) is 5.23. The minimum absolute atomic E-state index is 0.0153. The lowest BCUT2D eigenvalue weighted by Gasteiger charge is -2.45. The molecule has 1 spiro atoms. The fraction of sp³-hybridized carbons (Fsp3) is 0.636. The van der Waals surface area contributed by atoms with Crippen LogP contribution in [0.1, 0.15) is 63.5 Å². The molecule has 0 aromatic heterocycles. The van der Waals surface area contributed by atoms with Gasteiger partial charge in [0, 0.05) is 24.0 Å². The number of rotatable bonds is 2. The maximum atomic E-state index is 12.8. The minimum atomic E-state index is -0.357. The molecule has 1 aromatic rings. The van der Waals surface area contributed by atoms with Crippen LogP contribution in [0.5, 0.6) is 0 Å². The molecular weight excluding hydrogens is 376 g/mol. The Balaban J connectivity index is 1.34. The van der Waals surface area contributed by atoms with E-state index in [1.807, 2.05) is 11.0 Å². The van der Waals surface area contributed by atoms with Crippen molar-refractivity contribution in [2.45, 2.75) is 63.3 Å². The third-order valence-electron chi connectivity index (χ3n) is 6.55. The van der Waals surface area contributed by atoms with E-state index in [-0.39, 0.29) is 28.9 Å². The van der Waals surface area contributed by atoms with Crippen LogP contribution < -0.4 is 5.32 Å². The maximum Gasteiger partial charge on any atom is 0.407 e. The lowest BCUT2D eigenvalue weighted by molar-refractivity contribution is -0.142. The summed E-state index contributed by atoms with van der Waals surface area (Å²) < 4.78 is 5.00. The number of carbonyl (C=O) groups is 2. The number of nitrogens with one attached hydrogen (secondary N) is 1. The topological polar surface area (TPSA) is 58.6 Å². The van der Waals surface area contributed by atoms with Gasteiger partial charge in [0.2, 0.25) is 5.91 Å². The van der Waals surface area contributed by atoms with Gasteiger partial charge in [-0.2, -0.15) is 0 Å². The van der Waals surface area contributed by atoms with Gasteiger partial charge in [-0.05, 0) is 54.2 Å². The van der Waals surface area contributed by atoms with Crippen LogP contribution in [0, 0.1) is 5.92 Å². The average Bonchev–Trinajstić information content (AvgIpc) is 3.02. The summed E-state index contributed by atoms with van der Waals surface area (Å²) in [6.07, 6.45) is 3.00. The van der Waals surface area contributed by atoms with Gasteiger partial charge in [-0.1, -0.05) is 44.5 Å². The van der Waals surface area contributed by atoms with Crippen LogP contribution in [0.2, 0.25) is 5.02 Å². The summed E-state index contributed by atoms with van der Waals surface area (Å²) in [5.74, 6) is 0.718. The monoisotopic (exact) mass is 404 g/mol. The summed E-state index contributed by atoms with van der Waals surface area (Å²) in [5, 5.41) is 3.69. The first kappa shape index (κ1) is 19.6. The summed E-state index contributed by atoms with van der Waals surface area (Å²) in [6, 6.07) is 6.40. The number of likely N-dealkylation sites (tertiary alicyclic amines) is 1. The van der Waals surface area contributed by atoms with E-state index in [1.54, 1.807) is 0 Å². The fourth-order valence-electron chi connectivity index (χ4n) is 4.83. The second-order valence-corrected chi connectivity index (χ2v) is 10.1. The lowest BCUT2D eigenvalue weighted by Crippen LogP contribution is -2.58. The SMILES string of the molecule is CC(C)(C)c1cc(C2CCN(C(=O)C3CC4(COC(=O)N4)C3)CC2)ccc1Cl. The molecule has 1 aliphatic carbocycles. The van der Waals surface area contributed by atoms with E-state index < -0.39 is 0 Å². The normalized spacial score (nSPS) is 28.1. The standard InChI is InChI=1S/C22H29ClN2O3/c1-21(2,3)17-10-15(4-5-18(17)23)14-6-8-25(9-7-14)19(26)16-11-22(12-16)13-28-20(27)24-22/h4-5,10,14,16H,6-9,11-13H2,1-3H3,(H,24,27). The highest BCUT2D eigenvalue weighted by molar-refractivity contribution is 6.31. The molecule has 0 radical (unpaired) electrons. The Morgan fingerprint density at radius 3 is 2.50 bits per heavy atom. The van der Waals surface area contributed by atoms with Gasteiger partial charge in [0.25, 0.3) is 0 Å². The lowest BCUT2D eigenvalue weighted by atomic mass is 9.68. The summed E-state index contributed by atoms with van der Waals surface area (Å²) in [4.78, 5) is 26.1. The van der Waals surface area contributed by atoms with Crippen LogP contribution in [0.3, 0.4) is 0 Å². The largest absolute Gasteiger partial charge is 0.447 e. The van der Waals surface area contributed by atoms with Gasteiger partial charge in [0.1, 0.15) is 6.61 Å². The van der Waals surface area contributed by atoms with Crippen molar-refractivity contribution >= 4 is 23.6 Å². The maximum absolute atomic E-state index is 12.8. The summed E-state index contributed by atoms with van der Waals surface area (Å²) >= 11 is 6.41. The van der Waals surface area contributed by atoms with Crippen molar-refractivity contribution in [1.82, 2.24) is 10.2 Å². The molecular formula is C22H29ClN2O3. The van der Waals surface area contributed by atoms with E-state index in [0.717, 1.165) is 31.0 Å². The second-order valence-electron chi connectivity index (χ2n) is 9.68. The molecule has 1 saturated carbocycles. The molecule has 1 aromatic carbocycles. The molecule has 28 heavy (non-hydrogen) atoms. The van der Waals surface area contributed by atoms with Crippen molar-refractivity contribution in [1.29, 1.82) is 0 Å². The third kappa shape index (κ3) is 3.61. The number of carbonyl (C=O) groups excluding carboxylic acids is 2. The van der Waals surface area contributed by atoms with Gasteiger partial charge < -0.3 is 15.0 Å². The molecule has 0 atom stereocenters. The van der Waals surface area contributed by atoms with E-state index in [4.69, 9.17) is 16.3 Å². The van der Waals surface area contributed by atoms with E-state index in [9.17, 15) is 9.59 Å². The average molecular weight is 405 g/mol. The number of hydrogen-bond acceptors (Lipinski definition) is 3. The molecule has 152 valence electrons. The summed E-state index contributed by atoms with van der Waals surface area (Å²) in [7, 11) is 0. The van der Waals surface area contributed by atoms with Gasteiger partial charge >= 0.3 is 6.09 Å². The number of hydrogen-bond donors (Lipinski definition) is 1. The Morgan fingerprint density at radius 2 is 1.93 bits per heavy atom. The van der Waals surface area contributed by atoms with Crippen molar-refractivity contribution in [3.63, 3.8) is 0 Å². The van der Waals surface area contributed by atoms with Crippen LogP contribution in [0.15, 0.2) is 18.2 Å². The van der Waals surface area contributed by atoms with Crippen molar-refractivity contribution < 1.29 is 14.3 Å². The number of benzene rings is 1. The van der Waals surface area contributed by atoms with Gasteiger partial charge in [-0.3, -0.25) is 4.79 Å². The van der Waals surface area contributed by atoms with Crippen molar-refractivity contribution in [3.05, 3.63) is 34.3 Å². The summed E-state index contributed by atoms with van der Waals surface area (Å²) in [6.45, 7) is 8.53. The van der Waals surface area contributed by atoms with Crippen molar-refractivity contribution in [3.8, 4) is 0 Å². The van der Waals surface area contributed by atoms with Gasteiger partial charge in [0.15, 0.2) is 0 Å². The predicted octanol–water partition coefficient (Wildman–Crippen LogP) is 4.23. The number of amides is 2. The third-order valence-corrected chi connectivity index (χ3v) is 6.88.